The number of unbranched alkanes of at least 4 members (excludes halogenated alkanes) is 10. The van der Waals surface area contributed by atoms with Gasteiger partial charge >= 0.3 is 11.5 Å². The van der Waals surface area contributed by atoms with Crippen LogP contribution in [0.2, 0.25) is 15.1 Å². The van der Waals surface area contributed by atoms with Crippen LogP contribution in [0.25, 0.3) is 5.69 Å². The number of aromatic amines is 1. The Balaban J connectivity index is 1.36. The second kappa shape index (κ2) is 22.9. The molecule has 4 aromatic rings. The lowest BCUT2D eigenvalue weighted by molar-refractivity contribution is -0.384. The molecule has 61 heavy (non-hydrogen) atoms. The van der Waals surface area contributed by atoms with Crippen molar-refractivity contribution < 1.29 is 24.0 Å². The van der Waals surface area contributed by atoms with Gasteiger partial charge in [0.05, 0.1) is 32.1 Å². The van der Waals surface area contributed by atoms with Gasteiger partial charge in [0.15, 0.2) is 5.82 Å². The van der Waals surface area contributed by atoms with Gasteiger partial charge in [-0.15, -0.1) is 11.6 Å². The molecule has 2 amide bonds. The fourth-order valence-electron chi connectivity index (χ4n) is 7.21. The molecule has 3 N–H and O–H groups in total. The summed E-state index contributed by atoms with van der Waals surface area (Å²) < 4.78 is 6.55. The van der Waals surface area contributed by atoms with E-state index in [0.717, 1.165) is 52.2 Å². The van der Waals surface area contributed by atoms with Crippen molar-refractivity contribution in [2.75, 3.05) is 10.7 Å². The maximum atomic E-state index is 14.3. The number of esters is 1. The van der Waals surface area contributed by atoms with E-state index < -0.39 is 56.6 Å². The van der Waals surface area contributed by atoms with E-state index in [0.29, 0.717) is 6.42 Å². The normalized spacial score (nSPS) is 14.6. The molecule has 0 radical (unpaired) electrons. The number of nitrogens with zero attached hydrogens (tertiary/aromatic N) is 4. The fraction of sp³-hybridized carbons (Fsp3) is 0.409. The number of nitro benzene ring substituents is 1. The van der Waals surface area contributed by atoms with Crippen molar-refractivity contribution >= 4 is 87.1 Å². The predicted molar refractivity (Wildman–Crippen MR) is 242 cm³/mol. The number of non-ortho nitro benzene ring substituents is 1. The highest BCUT2D eigenvalue weighted by molar-refractivity contribution is 6.40. The van der Waals surface area contributed by atoms with E-state index >= 15 is 0 Å². The first-order valence-electron chi connectivity index (χ1n) is 20.6. The molecule has 1 fully saturated rings. The van der Waals surface area contributed by atoms with Gasteiger partial charge < -0.3 is 10.5 Å². The van der Waals surface area contributed by atoms with Gasteiger partial charge in [-0.3, -0.25) is 29.6 Å². The number of aromatic nitrogens is 2. The summed E-state index contributed by atoms with van der Waals surface area (Å²) in [6.45, 7) is 2.23. The van der Waals surface area contributed by atoms with Crippen LogP contribution in [-0.2, 0) is 9.59 Å². The molecule has 17 heteroatoms. The molecule has 2 unspecified atom stereocenters. The van der Waals surface area contributed by atoms with Crippen LogP contribution in [0.5, 0.6) is 5.75 Å². The van der Waals surface area contributed by atoms with Crippen LogP contribution in [0.3, 0.4) is 0 Å². The zero-order valence-corrected chi connectivity index (χ0v) is 36.9. The van der Waals surface area contributed by atoms with E-state index in [2.05, 4.69) is 24.2 Å². The predicted octanol–water partition coefficient (Wildman–Crippen LogP) is 11.9. The van der Waals surface area contributed by atoms with Crippen molar-refractivity contribution in [1.29, 1.82) is 0 Å². The van der Waals surface area contributed by atoms with E-state index in [4.69, 9.17) is 56.9 Å². The van der Waals surface area contributed by atoms with E-state index in [1.807, 2.05) is 0 Å². The van der Waals surface area contributed by atoms with Gasteiger partial charge in [0.2, 0.25) is 11.7 Å². The van der Waals surface area contributed by atoms with Crippen molar-refractivity contribution in [3.05, 3.63) is 114 Å². The van der Waals surface area contributed by atoms with Gasteiger partial charge in [-0.25, -0.2) is 14.5 Å². The van der Waals surface area contributed by atoms with Crippen molar-refractivity contribution in [3.8, 4) is 11.4 Å². The van der Waals surface area contributed by atoms with Crippen LogP contribution in [0.1, 0.15) is 114 Å². The summed E-state index contributed by atoms with van der Waals surface area (Å²) in [6, 6.07) is 13.9. The Hall–Kier alpha value is -4.82. The highest BCUT2D eigenvalue weighted by Crippen LogP contribution is 2.40. The first kappa shape index (κ1) is 47.2. The molecule has 5 rings (SSSR count). The maximum absolute atomic E-state index is 14.3. The number of para-hydroxylation sites is 1. The van der Waals surface area contributed by atoms with E-state index in [9.17, 15) is 29.3 Å². The summed E-state index contributed by atoms with van der Waals surface area (Å²) in [5, 5.41) is 16.0. The highest BCUT2D eigenvalue weighted by atomic mass is 35.5. The number of carbonyl (C=O) groups excluding carboxylic acids is 3. The topological polar surface area (TPSA) is 174 Å². The van der Waals surface area contributed by atoms with Crippen molar-refractivity contribution in [3.63, 3.8) is 0 Å². The molecule has 1 saturated heterocycles. The van der Waals surface area contributed by atoms with Gasteiger partial charge in [0.1, 0.15) is 5.69 Å². The number of halogens is 4. The molecule has 0 aliphatic carbocycles. The number of allylic oxidation sites excluding steroid dienone is 2. The van der Waals surface area contributed by atoms with Gasteiger partial charge in [-0.2, -0.15) is 5.01 Å². The molecular formula is C44H50Cl4N6O7. The number of amides is 2. The summed E-state index contributed by atoms with van der Waals surface area (Å²) in [5.74, 6) is -4.34. The average molecular weight is 917 g/mol. The smallest absolute Gasteiger partial charge is 0.346 e. The summed E-state index contributed by atoms with van der Waals surface area (Å²) in [4.78, 5) is 67.1. The number of anilines is 3. The minimum Gasteiger partial charge on any atom is -0.413 e. The number of imide groups is 1. The Morgan fingerprint density at radius 2 is 1.56 bits per heavy atom. The lowest BCUT2D eigenvalue weighted by Gasteiger charge is -2.31. The zero-order valence-electron chi connectivity index (χ0n) is 33.9. The molecule has 0 spiro atoms. The number of benzene rings is 3. The van der Waals surface area contributed by atoms with Crippen molar-refractivity contribution in [2.45, 2.75) is 109 Å². The SMILES string of the molecule is CCCCCCCCCCCCC=CCCC(Cl)CC1CC(=O)N(N(c2ccccc2)c2[nH]n(-c3c(Cl)cc(Cl)cc3Cl)c(=O)c2OC(=O)c2cc([N+](=O)[O-])ccc2N)C1=O. The van der Waals surface area contributed by atoms with Crippen molar-refractivity contribution in [1.82, 2.24) is 14.8 Å². The van der Waals surface area contributed by atoms with Crippen LogP contribution in [0.4, 0.5) is 22.9 Å². The molecule has 2 atom stereocenters. The monoisotopic (exact) mass is 914 g/mol. The Bertz CT molecular complexity index is 2240. The van der Waals surface area contributed by atoms with Crippen LogP contribution < -0.4 is 21.0 Å². The van der Waals surface area contributed by atoms with Crippen LogP contribution in [-0.4, -0.2) is 42.9 Å². The summed E-state index contributed by atoms with van der Waals surface area (Å²) in [5.41, 5.74) is 4.05. The minimum absolute atomic E-state index is 0.0744. The highest BCUT2D eigenvalue weighted by Gasteiger charge is 2.45. The standard InChI is InChI=1S/C44H50Cl4N6O7/c1-2-3-4-5-6-7-8-9-10-11-12-13-14-16-19-30(45)24-29-25-38(55)53(42(29)56)52(32-20-17-15-18-21-32)41-40(61-44(58)34-28-33(54(59)60)22-23-37(34)49)43(57)51(50-41)39-35(47)26-31(46)27-36(39)48/h13-15,17-18,20-23,26-30,50H,2-12,16,19,24-25,49H2,1H3. The van der Waals surface area contributed by atoms with Crippen LogP contribution in [0, 0.1) is 16.0 Å². The zero-order chi connectivity index (χ0) is 44.1. The number of H-pyrrole nitrogens is 1. The summed E-state index contributed by atoms with van der Waals surface area (Å²) >= 11 is 26.0. The first-order chi connectivity index (χ1) is 29.3. The van der Waals surface area contributed by atoms with Crippen LogP contribution >= 0.6 is 46.4 Å². The number of ether oxygens (including phenoxy) is 1. The number of nitro groups is 1. The molecular weight excluding hydrogens is 866 g/mol. The Kier molecular flexibility index (Phi) is 17.7. The second-order valence-corrected chi connectivity index (χ2v) is 16.9. The third-order valence-corrected chi connectivity index (χ3v) is 11.6. The largest absolute Gasteiger partial charge is 0.413 e. The van der Waals surface area contributed by atoms with Gasteiger partial charge in [0, 0.05) is 34.6 Å². The fourth-order valence-corrected chi connectivity index (χ4v) is 8.54. The molecule has 2 heterocycles. The average Bonchev–Trinajstić information content (AvgIpc) is 3.67. The summed E-state index contributed by atoms with van der Waals surface area (Å²) in [7, 11) is 0. The summed E-state index contributed by atoms with van der Waals surface area (Å²) in [6.07, 6.45) is 19.4. The molecule has 0 saturated carbocycles. The number of nitrogens with one attached hydrogen (secondary N) is 1. The number of carbonyl (C=O) groups is 3. The number of nitrogen functional groups attached to an aromatic ring is 1. The Labute approximate surface area is 374 Å². The van der Waals surface area contributed by atoms with Crippen molar-refractivity contribution in [2.24, 2.45) is 5.92 Å². The third kappa shape index (κ3) is 12.4. The number of rotatable bonds is 23. The lowest BCUT2D eigenvalue weighted by atomic mass is 9.99. The quantitative estimate of drug-likeness (QED) is 0.0107. The minimum atomic E-state index is -1.24. The molecule has 0 bridgehead atoms. The van der Waals surface area contributed by atoms with Gasteiger partial charge in [0.25, 0.3) is 11.6 Å². The number of hydrogen-bond donors (Lipinski definition) is 2. The number of alkyl halides is 1. The molecule has 3 aromatic carbocycles. The van der Waals surface area contributed by atoms with Gasteiger partial charge in [-0.1, -0.05) is 130 Å². The maximum Gasteiger partial charge on any atom is 0.346 e. The Morgan fingerprint density at radius 3 is 2.20 bits per heavy atom. The van der Waals surface area contributed by atoms with E-state index in [-0.39, 0.29) is 50.8 Å². The number of hydrogen-bond acceptors (Lipinski definition) is 9. The molecule has 13 nitrogen and oxygen atoms in total. The first-order valence-corrected chi connectivity index (χ1v) is 22.2. The number of hydrazine groups is 1. The molecule has 326 valence electrons. The third-order valence-electron chi connectivity index (χ3n) is 10.4. The molecule has 1 aliphatic rings. The second-order valence-electron chi connectivity index (χ2n) is 15.0. The Morgan fingerprint density at radius 1 is 0.934 bits per heavy atom. The van der Waals surface area contributed by atoms with E-state index in [1.54, 1.807) is 30.3 Å². The lowest BCUT2D eigenvalue weighted by Crippen LogP contribution is -2.44. The van der Waals surface area contributed by atoms with Crippen LogP contribution in [0.15, 0.2) is 77.6 Å². The van der Waals surface area contributed by atoms with Gasteiger partial charge in [-0.05, 0) is 62.4 Å². The van der Waals surface area contributed by atoms with E-state index in [1.165, 1.54) is 69.9 Å². The molecule has 1 aromatic heterocycles. The number of nitrogens with two attached hydrogens (primary N) is 1. The molecule has 1 aliphatic heterocycles.